The van der Waals surface area contributed by atoms with Crippen molar-refractivity contribution in [2.75, 3.05) is 14.2 Å². The molecular formula is C27H23BrClN3O5. The monoisotopic (exact) mass is 583 g/mol. The number of nitrogens with one attached hydrogen (secondary N) is 1. The second-order valence-electron chi connectivity index (χ2n) is 8.72. The zero-order valence-corrected chi connectivity index (χ0v) is 22.5. The summed E-state index contributed by atoms with van der Waals surface area (Å²) >= 11 is 9.78. The van der Waals surface area contributed by atoms with Gasteiger partial charge in [-0.2, -0.15) is 5.10 Å². The molecule has 0 fully saturated rings. The molecule has 1 amide bonds. The zero-order valence-electron chi connectivity index (χ0n) is 20.2. The number of aryl methyl sites for hydroxylation is 1. The van der Waals surface area contributed by atoms with Gasteiger partial charge in [-0.1, -0.05) is 23.7 Å². The number of fused-ring (bicyclic) bond motifs is 1. The first-order chi connectivity index (χ1) is 17.7. The summed E-state index contributed by atoms with van der Waals surface area (Å²) in [5.74, 6) is 0.661. The van der Waals surface area contributed by atoms with Crippen LogP contribution in [0.2, 0.25) is 5.02 Å². The highest BCUT2D eigenvalue weighted by Crippen LogP contribution is 2.48. The van der Waals surface area contributed by atoms with Crippen LogP contribution in [-0.2, 0) is 6.54 Å². The van der Waals surface area contributed by atoms with Gasteiger partial charge in [-0.3, -0.25) is 9.89 Å². The molecule has 0 radical (unpaired) electrons. The molecule has 8 nitrogen and oxygen atoms in total. The fraction of sp³-hybridized carbons (Fsp3) is 0.185. The number of aromatic amines is 1. The molecule has 0 aliphatic carbocycles. The average Bonchev–Trinajstić information content (AvgIpc) is 3.42. The lowest BCUT2D eigenvalue weighted by Gasteiger charge is -2.27. The lowest BCUT2D eigenvalue weighted by Crippen LogP contribution is -2.29. The number of hydrogen-bond donors (Lipinski definition) is 3. The van der Waals surface area contributed by atoms with E-state index in [1.807, 2.05) is 24.3 Å². The molecule has 3 N–H and O–H groups in total. The van der Waals surface area contributed by atoms with Crippen LogP contribution in [0.1, 0.15) is 38.8 Å². The van der Waals surface area contributed by atoms with Gasteiger partial charge in [0.1, 0.15) is 22.9 Å². The Morgan fingerprint density at radius 3 is 2.51 bits per heavy atom. The van der Waals surface area contributed by atoms with E-state index in [1.54, 1.807) is 43.2 Å². The van der Waals surface area contributed by atoms with Crippen LogP contribution >= 0.6 is 27.5 Å². The number of carbonyl (C=O) groups excluding carboxylic acids is 1. The minimum absolute atomic E-state index is 0.000436. The predicted octanol–water partition coefficient (Wildman–Crippen LogP) is 5.97. The van der Waals surface area contributed by atoms with E-state index in [0.29, 0.717) is 43.3 Å². The molecule has 1 atom stereocenters. The van der Waals surface area contributed by atoms with Crippen LogP contribution in [0.4, 0.5) is 0 Å². The predicted molar refractivity (Wildman–Crippen MR) is 143 cm³/mol. The van der Waals surface area contributed by atoms with E-state index in [-0.39, 0.29) is 29.7 Å². The fourth-order valence-electron chi connectivity index (χ4n) is 4.60. The van der Waals surface area contributed by atoms with Crippen LogP contribution in [0.15, 0.2) is 53.0 Å². The fourth-order valence-corrected chi connectivity index (χ4v) is 5.23. The first-order valence-electron chi connectivity index (χ1n) is 11.3. The molecule has 4 aromatic rings. The zero-order chi connectivity index (χ0) is 26.4. The highest BCUT2D eigenvalue weighted by Gasteiger charge is 2.43. The first kappa shape index (κ1) is 25.0. The van der Waals surface area contributed by atoms with Crippen LogP contribution in [0.25, 0.3) is 11.3 Å². The van der Waals surface area contributed by atoms with E-state index in [9.17, 15) is 15.0 Å². The van der Waals surface area contributed by atoms with Crippen molar-refractivity contribution in [2.45, 2.75) is 19.5 Å². The molecule has 0 bridgehead atoms. The molecule has 1 aromatic heterocycles. The standard InChI is InChI=1S/C27H23BrClN3O5/c1-13-8-20(33)17(11-19(13)29)23-22-24(31-30-23)27(35)32(12-14-4-6-16(36-2)7-5-14)25(22)15-9-18(28)26(34)21(10-15)37-3/h4-11,25,33-34H,12H2,1-3H3,(H,30,31). The molecule has 3 aromatic carbocycles. The molecule has 10 heteroatoms. The summed E-state index contributed by atoms with van der Waals surface area (Å²) in [7, 11) is 3.06. The van der Waals surface area contributed by atoms with Gasteiger partial charge < -0.3 is 24.6 Å². The van der Waals surface area contributed by atoms with E-state index in [0.717, 1.165) is 11.1 Å². The lowest BCUT2D eigenvalue weighted by molar-refractivity contribution is 0.0730. The van der Waals surface area contributed by atoms with Crippen LogP contribution < -0.4 is 9.47 Å². The Morgan fingerprint density at radius 2 is 1.84 bits per heavy atom. The second-order valence-corrected chi connectivity index (χ2v) is 9.98. The van der Waals surface area contributed by atoms with Crippen molar-refractivity contribution in [3.63, 3.8) is 0 Å². The summed E-state index contributed by atoms with van der Waals surface area (Å²) in [6.45, 7) is 2.08. The molecule has 5 rings (SSSR count). The number of aromatic nitrogens is 2. The number of H-pyrrole nitrogens is 1. The van der Waals surface area contributed by atoms with E-state index in [4.69, 9.17) is 21.1 Å². The average molecular weight is 585 g/mol. The molecule has 0 saturated heterocycles. The van der Waals surface area contributed by atoms with Gasteiger partial charge in [-0.05, 0) is 75.9 Å². The minimum atomic E-state index is -0.608. The number of nitrogens with zero attached hydrogens (tertiary/aromatic N) is 2. The number of rotatable bonds is 6. The number of phenols is 2. The van der Waals surface area contributed by atoms with Crippen molar-refractivity contribution in [3.05, 3.63) is 86.0 Å². The van der Waals surface area contributed by atoms with Crippen molar-refractivity contribution >= 4 is 33.4 Å². The number of hydrogen-bond acceptors (Lipinski definition) is 6. The Kier molecular flexibility index (Phi) is 6.51. The molecule has 0 saturated carbocycles. The minimum Gasteiger partial charge on any atom is -0.507 e. The topological polar surface area (TPSA) is 108 Å². The summed E-state index contributed by atoms with van der Waals surface area (Å²) in [5.41, 5.74) is 4.01. The van der Waals surface area contributed by atoms with E-state index >= 15 is 0 Å². The molecule has 1 aliphatic heterocycles. The van der Waals surface area contributed by atoms with Gasteiger partial charge in [0.15, 0.2) is 11.5 Å². The highest BCUT2D eigenvalue weighted by molar-refractivity contribution is 9.10. The quantitative estimate of drug-likeness (QED) is 0.258. The molecule has 1 unspecified atom stereocenters. The van der Waals surface area contributed by atoms with E-state index < -0.39 is 6.04 Å². The van der Waals surface area contributed by atoms with Gasteiger partial charge in [0, 0.05) is 22.7 Å². The van der Waals surface area contributed by atoms with Gasteiger partial charge in [0.2, 0.25) is 0 Å². The van der Waals surface area contributed by atoms with Crippen LogP contribution in [0, 0.1) is 6.92 Å². The Morgan fingerprint density at radius 1 is 1.11 bits per heavy atom. The summed E-state index contributed by atoms with van der Waals surface area (Å²) in [6, 6.07) is 13.5. The molecular weight excluding hydrogens is 562 g/mol. The van der Waals surface area contributed by atoms with Crippen LogP contribution in [-0.4, -0.2) is 45.4 Å². The summed E-state index contributed by atoms with van der Waals surface area (Å²) in [6.07, 6.45) is 0. The van der Waals surface area contributed by atoms with Gasteiger partial charge >= 0.3 is 0 Å². The van der Waals surface area contributed by atoms with Crippen LogP contribution in [0.5, 0.6) is 23.0 Å². The Bertz CT molecular complexity index is 1520. The van der Waals surface area contributed by atoms with Gasteiger partial charge in [0.25, 0.3) is 5.91 Å². The molecule has 1 aliphatic rings. The SMILES string of the molecule is COc1ccc(CN2C(=O)c3[nH]nc(-c4cc(Cl)c(C)cc4O)c3C2c2cc(Br)c(O)c(OC)c2)cc1. The normalized spacial score (nSPS) is 14.7. The molecule has 190 valence electrons. The molecule has 37 heavy (non-hydrogen) atoms. The Balaban J connectivity index is 1.69. The van der Waals surface area contributed by atoms with E-state index in [1.165, 1.54) is 7.11 Å². The third-order valence-electron chi connectivity index (χ3n) is 6.49. The third kappa shape index (κ3) is 4.28. The number of benzene rings is 3. The lowest BCUT2D eigenvalue weighted by atomic mass is 9.94. The summed E-state index contributed by atoms with van der Waals surface area (Å²) < 4.78 is 11.1. The number of halogens is 2. The van der Waals surface area contributed by atoms with Gasteiger partial charge in [0.05, 0.1) is 24.7 Å². The van der Waals surface area contributed by atoms with Crippen LogP contribution in [0.3, 0.4) is 0 Å². The number of carbonyl (C=O) groups is 1. The number of phenolic OH excluding ortho intramolecular Hbond substituents is 2. The van der Waals surface area contributed by atoms with Crippen molar-refractivity contribution in [1.82, 2.24) is 15.1 Å². The Labute approximate surface area is 226 Å². The number of amides is 1. The van der Waals surface area contributed by atoms with Crippen molar-refractivity contribution < 1.29 is 24.5 Å². The maximum absolute atomic E-state index is 13.7. The number of methoxy groups -OCH3 is 2. The number of ether oxygens (including phenoxy) is 2. The van der Waals surface area contributed by atoms with Crippen molar-refractivity contribution in [2.24, 2.45) is 0 Å². The van der Waals surface area contributed by atoms with Gasteiger partial charge in [-0.15, -0.1) is 0 Å². The third-order valence-corrected chi connectivity index (χ3v) is 7.51. The summed E-state index contributed by atoms with van der Waals surface area (Å²) in [5, 5.41) is 28.9. The molecule has 2 heterocycles. The highest BCUT2D eigenvalue weighted by atomic mass is 79.9. The first-order valence-corrected chi connectivity index (χ1v) is 12.5. The Hall–Kier alpha value is -3.69. The van der Waals surface area contributed by atoms with E-state index in [2.05, 4.69) is 26.1 Å². The van der Waals surface area contributed by atoms with Gasteiger partial charge in [-0.25, -0.2) is 0 Å². The largest absolute Gasteiger partial charge is 0.507 e. The maximum atomic E-state index is 13.7. The summed E-state index contributed by atoms with van der Waals surface area (Å²) in [4.78, 5) is 15.4. The van der Waals surface area contributed by atoms with Crippen molar-refractivity contribution in [3.8, 4) is 34.3 Å². The second kappa shape index (κ2) is 9.64. The smallest absolute Gasteiger partial charge is 0.273 e. The van der Waals surface area contributed by atoms with Crippen molar-refractivity contribution in [1.29, 1.82) is 0 Å². The maximum Gasteiger partial charge on any atom is 0.273 e. The number of aromatic hydroxyl groups is 2. The molecule has 0 spiro atoms.